The molecule has 0 bridgehead atoms. The maximum Gasteiger partial charge on any atom is 0.124 e. The standard InChI is InChI=1S/2C15H15NO/c2*1-11-7-8-14(12(2)9-11)16-10-13-5-3-4-6-15(13)17/h2*3-10,17H,1-2H3. The summed E-state index contributed by atoms with van der Waals surface area (Å²) in [5.41, 5.74) is 8.04. The molecule has 0 fully saturated rings. The van der Waals surface area contributed by atoms with Crippen molar-refractivity contribution in [3.05, 3.63) is 118 Å². The molecule has 2 N–H and O–H groups in total. The van der Waals surface area contributed by atoms with Crippen molar-refractivity contribution in [2.24, 2.45) is 9.98 Å². The SMILES string of the molecule is Cc1ccc(N=Cc2ccccc2O)c(C)c1.Cc1ccc(N=Cc2ccccc2O)c(C)c1. The van der Waals surface area contributed by atoms with Crippen molar-refractivity contribution in [3.63, 3.8) is 0 Å². The van der Waals surface area contributed by atoms with Gasteiger partial charge in [-0.05, 0) is 75.2 Å². The van der Waals surface area contributed by atoms with Crippen LogP contribution in [0.1, 0.15) is 33.4 Å². The normalized spacial score (nSPS) is 10.9. The van der Waals surface area contributed by atoms with Crippen molar-refractivity contribution in [2.75, 3.05) is 0 Å². The molecule has 0 spiro atoms. The minimum Gasteiger partial charge on any atom is -0.507 e. The third-order valence-electron chi connectivity index (χ3n) is 5.26. The Morgan fingerprint density at radius 1 is 0.529 bits per heavy atom. The highest BCUT2D eigenvalue weighted by molar-refractivity contribution is 5.86. The predicted octanol–water partition coefficient (Wildman–Crippen LogP) is 7.52. The Bertz CT molecular complexity index is 1220. The van der Waals surface area contributed by atoms with Crippen LogP contribution in [0.5, 0.6) is 11.5 Å². The van der Waals surface area contributed by atoms with Crippen LogP contribution in [0.15, 0.2) is 94.9 Å². The first-order valence-electron chi connectivity index (χ1n) is 11.1. The number of hydrogen-bond acceptors (Lipinski definition) is 4. The van der Waals surface area contributed by atoms with Crippen molar-refractivity contribution < 1.29 is 10.2 Å². The van der Waals surface area contributed by atoms with E-state index in [1.165, 1.54) is 11.1 Å². The van der Waals surface area contributed by atoms with E-state index >= 15 is 0 Å². The lowest BCUT2D eigenvalue weighted by molar-refractivity contribution is 0.474. The molecule has 172 valence electrons. The summed E-state index contributed by atoms with van der Waals surface area (Å²) < 4.78 is 0. The van der Waals surface area contributed by atoms with Gasteiger partial charge in [0, 0.05) is 23.6 Å². The van der Waals surface area contributed by atoms with E-state index in [-0.39, 0.29) is 11.5 Å². The molecule has 0 saturated heterocycles. The zero-order valence-electron chi connectivity index (χ0n) is 20.0. The summed E-state index contributed by atoms with van der Waals surface area (Å²) in [5, 5.41) is 19.2. The average molecular weight is 451 g/mol. The number of phenols is 2. The Labute approximate surface area is 201 Å². The molecule has 34 heavy (non-hydrogen) atoms. The number of aryl methyl sites for hydroxylation is 4. The van der Waals surface area contributed by atoms with Gasteiger partial charge >= 0.3 is 0 Å². The van der Waals surface area contributed by atoms with Gasteiger partial charge < -0.3 is 10.2 Å². The maximum absolute atomic E-state index is 9.61. The first-order valence-corrected chi connectivity index (χ1v) is 11.1. The number of rotatable bonds is 4. The molecule has 0 unspecified atom stereocenters. The summed E-state index contributed by atoms with van der Waals surface area (Å²) in [7, 11) is 0. The van der Waals surface area contributed by atoms with Crippen LogP contribution in [0.3, 0.4) is 0 Å². The van der Waals surface area contributed by atoms with Gasteiger partial charge in [0.05, 0.1) is 11.4 Å². The molecule has 0 aliphatic carbocycles. The van der Waals surface area contributed by atoms with E-state index in [2.05, 4.69) is 36.0 Å². The summed E-state index contributed by atoms with van der Waals surface area (Å²) in [6.07, 6.45) is 3.38. The molecule has 4 heteroatoms. The molecule has 4 aromatic carbocycles. The van der Waals surface area contributed by atoms with Gasteiger partial charge in [0.25, 0.3) is 0 Å². The average Bonchev–Trinajstić information content (AvgIpc) is 2.80. The third kappa shape index (κ3) is 6.91. The highest BCUT2D eigenvalue weighted by atomic mass is 16.3. The van der Waals surface area contributed by atoms with Gasteiger partial charge in [0.15, 0.2) is 0 Å². The van der Waals surface area contributed by atoms with Crippen LogP contribution in [-0.2, 0) is 0 Å². The molecule has 0 heterocycles. The van der Waals surface area contributed by atoms with E-state index in [0.717, 1.165) is 33.6 Å². The molecule has 4 rings (SSSR count). The molecule has 0 aliphatic rings. The van der Waals surface area contributed by atoms with E-state index in [0.29, 0.717) is 0 Å². The van der Waals surface area contributed by atoms with Crippen molar-refractivity contribution in [2.45, 2.75) is 27.7 Å². The maximum atomic E-state index is 9.61. The highest BCUT2D eigenvalue weighted by Gasteiger charge is 1.99. The van der Waals surface area contributed by atoms with Crippen LogP contribution in [-0.4, -0.2) is 22.6 Å². The molecule has 4 aromatic rings. The first-order chi connectivity index (χ1) is 16.3. The van der Waals surface area contributed by atoms with Crippen LogP contribution in [0, 0.1) is 27.7 Å². The van der Waals surface area contributed by atoms with Crippen LogP contribution in [0.25, 0.3) is 0 Å². The van der Waals surface area contributed by atoms with Gasteiger partial charge in [0.2, 0.25) is 0 Å². The summed E-state index contributed by atoms with van der Waals surface area (Å²) in [6.45, 7) is 8.18. The van der Waals surface area contributed by atoms with Gasteiger partial charge in [-0.1, -0.05) is 59.7 Å². The van der Waals surface area contributed by atoms with Gasteiger partial charge in [-0.25, -0.2) is 0 Å². The Morgan fingerprint density at radius 3 is 1.26 bits per heavy atom. The second-order valence-electron chi connectivity index (χ2n) is 8.21. The van der Waals surface area contributed by atoms with E-state index < -0.39 is 0 Å². The van der Waals surface area contributed by atoms with Crippen molar-refractivity contribution in [3.8, 4) is 11.5 Å². The smallest absolute Gasteiger partial charge is 0.124 e. The van der Waals surface area contributed by atoms with E-state index in [4.69, 9.17) is 0 Å². The first kappa shape index (κ1) is 24.5. The summed E-state index contributed by atoms with van der Waals surface area (Å²) >= 11 is 0. The summed E-state index contributed by atoms with van der Waals surface area (Å²) in [6, 6.07) is 26.6. The van der Waals surface area contributed by atoms with Crippen molar-refractivity contribution in [1.29, 1.82) is 0 Å². The molecule has 0 saturated carbocycles. The Kier molecular flexibility index (Phi) is 8.36. The van der Waals surface area contributed by atoms with E-state index in [1.807, 2.05) is 62.4 Å². The van der Waals surface area contributed by atoms with Crippen LogP contribution < -0.4 is 0 Å². The second-order valence-corrected chi connectivity index (χ2v) is 8.21. The van der Waals surface area contributed by atoms with Gasteiger partial charge in [-0.3, -0.25) is 9.98 Å². The van der Waals surface area contributed by atoms with Crippen molar-refractivity contribution in [1.82, 2.24) is 0 Å². The second kappa shape index (κ2) is 11.6. The van der Waals surface area contributed by atoms with Crippen molar-refractivity contribution >= 4 is 23.8 Å². The summed E-state index contributed by atoms with van der Waals surface area (Å²) in [5.74, 6) is 0.502. The summed E-state index contributed by atoms with van der Waals surface area (Å²) in [4.78, 5) is 8.79. The number of benzene rings is 4. The van der Waals surface area contributed by atoms with Gasteiger partial charge in [0.1, 0.15) is 11.5 Å². The van der Waals surface area contributed by atoms with Crippen LogP contribution in [0.4, 0.5) is 11.4 Å². The Hall–Kier alpha value is -4.18. The largest absolute Gasteiger partial charge is 0.507 e. The monoisotopic (exact) mass is 450 g/mol. The predicted molar refractivity (Wildman–Crippen MR) is 143 cm³/mol. The molecule has 0 radical (unpaired) electrons. The fraction of sp³-hybridized carbons (Fsp3) is 0.133. The Balaban J connectivity index is 0.000000191. The molecule has 4 nitrogen and oxygen atoms in total. The number of aliphatic imine (C=N–C) groups is 2. The zero-order chi connectivity index (χ0) is 24.5. The lowest BCUT2D eigenvalue weighted by atomic mass is 10.1. The Morgan fingerprint density at radius 2 is 0.912 bits per heavy atom. The minimum absolute atomic E-state index is 0.251. The molecule has 0 atom stereocenters. The molecular formula is C30H30N2O2. The van der Waals surface area contributed by atoms with E-state index in [9.17, 15) is 10.2 Å². The van der Waals surface area contributed by atoms with E-state index in [1.54, 1.807) is 36.7 Å². The van der Waals surface area contributed by atoms with Gasteiger partial charge in [-0.2, -0.15) is 0 Å². The minimum atomic E-state index is 0.251. The van der Waals surface area contributed by atoms with Crippen LogP contribution in [0.2, 0.25) is 0 Å². The highest BCUT2D eigenvalue weighted by Crippen LogP contribution is 2.22. The zero-order valence-corrected chi connectivity index (χ0v) is 20.0. The lowest BCUT2D eigenvalue weighted by Gasteiger charge is -2.01. The fourth-order valence-corrected chi connectivity index (χ4v) is 3.37. The number of nitrogens with zero attached hydrogens (tertiary/aromatic N) is 2. The molecule has 0 aromatic heterocycles. The number of phenolic OH excluding ortho intramolecular Hbond substituents is 2. The molecular weight excluding hydrogens is 420 g/mol. The number of hydrogen-bond donors (Lipinski definition) is 2. The fourth-order valence-electron chi connectivity index (χ4n) is 3.37. The quantitative estimate of drug-likeness (QED) is 0.316. The van der Waals surface area contributed by atoms with Gasteiger partial charge in [-0.15, -0.1) is 0 Å². The molecule has 0 amide bonds. The van der Waals surface area contributed by atoms with Crippen LogP contribution >= 0.6 is 0 Å². The number of para-hydroxylation sites is 2. The topological polar surface area (TPSA) is 65.2 Å². The molecule has 0 aliphatic heterocycles. The lowest BCUT2D eigenvalue weighted by Crippen LogP contribution is -1.82. The third-order valence-corrected chi connectivity index (χ3v) is 5.26. The number of aromatic hydroxyl groups is 2.